The lowest BCUT2D eigenvalue weighted by Gasteiger charge is -2.04. The second-order valence-corrected chi connectivity index (χ2v) is 6.43. The van der Waals surface area contributed by atoms with E-state index in [0.717, 1.165) is 15.8 Å². The van der Waals surface area contributed by atoms with Crippen LogP contribution in [0, 0.1) is 12.7 Å². The maximum absolute atomic E-state index is 13.5. The fraction of sp³-hybridized carbons (Fsp3) is 0.222. The van der Waals surface area contributed by atoms with Gasteiger partial charge >= 0.3 is 0 Å². The van der Waals surface area contributed by atoms with Crippen LogP contribution >= 0.6 is 11.3 Å². The summed E-state index contributed by atoms with van der Waals surface area (Å²) in [6, 6.07) is 11.8. The monoisotopic (exact) mass is 344 g/mol. The number of halogens is 1. The van der Waals surface area contributed by atoms with Crippen LogP contribution in [-0.2, 0) is 11.3 Å². The second kappa shape index (κ2) is 7.07. The van der Waals surface area contributed by atoms with Crippen molar-refractivity contribution in [3.63, 3.8) is 0 Å². The molecule has 0 radical (unpaired) electrons. The molecule has 0 saturated heterocycles. The Hall–Kier alpha value is -2.31. The van der Waals surface area contributed by atoms with Gasteiger partial charge in [-0.15, -0.1) is 0 Å². The Balaban J connectivity index is 2.09. The lowest BCUT2D eigenvalue weighted by molar-refractivity contribution is 0.0997. The third-order valence-electron chi connectivity index (χ3n) is 3.66. The second-order valence-electron chi connectivity index (χ2n) is 5.42. The van der Waals surface area contributed by atoms with Crippen molar-refractivity contribution in [1.82, 2.24) is 4.57 Å². The SMILES string of the molecule is COCCn1c(=NC(=O)c2ccc(C)cc2)sc2cc(F)ccc21. The van der Waals surface area contributed by atoms with Gasteiger partial charge in [0.05, 0.1) is 16.8 Å². The molecule has 124 valence electrons. The van der Waals surface area contributed by atoms with Crippen molar-refractivity contribution >= 4 is 27.5 Å². The van der Waals surface area contributed by atoms with Crippen molar-refractivity contribution in [2.24, 2.45) is 4.99 Å². The Morgan fingerprint density at radius 1 is 1.25 bits per heavy atom. The van der Waals surface area contributed by atoms with Gasteiger partial charge in [0.15, 0.2) is 4.80 Å². The zero-order valence-electron chi connectivity index (χ0n) is 13.5. The van der Waals surface area contributed by atoms with Gasteiger partial charge in [-0.05, 0) is 37.3 Å². The molecule has 3 rings (SSSR count). The van der Waals surface area contributed by atoms with Crippen molar-refractivity contribution in [3.8, 4) is 0 Å². The molecule has 0 aliphatic rings. The van der Waals surface area contributed by atoms with Crippen LogP contribution in [0.3, 0.4) is 0 Å². The van der Waals surface area contributed by atoms with E-state index in [1.807, 2.05) is 23.6 Å². The van der Waals surface area contributed by atoms with Gasteiger partial charge in [-0.2, -0.15) is 4.99 Å². The number of carbonyl (C=O) groups is 1. The zero-order chi connectivity index (χ0) is 17.1. The van der Waals surface area contributed by atoms with Crippen LogP contribution in [0.1, 0.15) is 15.9 Å². The van der Waals surface area contributed by atoms with Gasteiger partial charge in [0.25, 0.3) is 5.91 Å². The number of ether oxygens (including phenoxy) is 1. The molecule has 3 aromatic rings. The lowest BCUT2D eigenvalue weighted by Crippen LogP contribution is -2.19. The van der Waals surface area contributed by atoms with Crippen molar-refractivity contribution in [2.45, 2.75) is 13.5 Å². The van der Waals surface area contributed by atoms with Crippen molar-refractivity contribution in [3.05, 3.63) is 64.2 Å². The molecule has 0 aliphatic carbocycles. The first-order valence-electron chi connectivity index (χ1n) is 7.52. The molecule has 1 heterocycles. The molecule has 6 heteroatoms. The largest absolute Gasteiger partial charge is 0.383 e. The van der Waals surface area contributed by atoms with Crippen LogP contribution in [-0.4, -0.2) is 24.2 Å². The van der Waals surface area contributed by atoms with Gasteiger partial charge < -0.3 is 9.30 Å². The highest BCUT2D eigenvalue weighted by molar-refractivity contribution is 7.16. The number of hydrogen-bond donors (Lipinski definition) is 0. The first-order chi connectivity index (χ1) is 11.6. The minimum atomic E-state index is -0.312. The number of aromatic nitrogens is 1. The molecule has 1 amide bonds. The van der Waals surface area contributed by atoms with Crippen LogP contribution in [0.15, 0.2) is 47.5 Å². The number of aryl methyl sites for hydroxylation is 1. The van der Waals surface area contributed by atoms with Crippen LogP contribution in [0.25, 0.3) is 10.2 Å². The Morgan fingerprint density at radius 3 is 2.71 bits per heavy atom. The molecule has 0 aliphatic heterocycles. The highest BCUT2D eigenvalue weighted by atomic mass is 32.1. The average Bonchev–Trinajstić information content (AvgIpc) is 2.89. The summed E-state index contributed by atoms with van der Waals surface area (Å²) in [5.74, 6) is -0.618. The van der Waals surface area contributed by atoms with Crippen molar-refractivity contribution < 1.29 is 13.9 Å². The number of thiazole rings is 1. The molecule has 0 saturated carbocycles. The average molecular weight is 344 g/mol. The topological polar surface area (TPSA) is 43.6 Å². The molecule has 0 atom stereocenters. The quantitative estimate of drug-likeness (QED) is 0.727. The van der Waals surface area contributed by atoms with Crippen LogP contribution in [0.4, 0.5) is 4.39 Å². The Kier molecular flexibility index (Phi) is 4.87. The van der Waals surface area contributed by atoms with E-state index in [2.05, 4.69) is 4.99 Å². The summed E-state index contributed by atoms with van der Waals surface area (Å²) < 4.78 is 21.2. The van der Waals surface area contributed by atoms with E-state index in [1.165, 1.54) is 23.5 Å². The molecule has 2 aromatic carbocycles. The van der Waals surface area contributed by atoms with E-state index in [-0.39, 0.29) is 11.7 Å². The van der Waals surface area contributed by atoms with E-state index in [4.69, 9.17) is 4.74 Å². The summed E-state index contributed by atoms with van der Waals surface area (Å²) >= 11 is 1.29. The Labute approximate surface area is 142 Å². The van der Waals surface area contributed by atoms with E-state index >= 15 is 0 Å². The van der Waals surface area contributed by atoms with Crippen molar-refractivity contribution in [2.75, 3.05) is 13.7 Å². The lowest BCUT2D eigenvalue weighted by atomic mass is 10.1. The highest BCUT2D eigenvalue weighted by Crippen LogP contribution is 2.19. The molecule has 0 spiro atoms. The number of amides is 1. The standard InChI is InChI=1S/C18H17FN2O2S/c1-12-3-5-13(6-4-12)17(22)20-18-21(9-10-23-2)15-8-7-14(19)11-16(15)24-18/h3-8,11H,9-10H2,1-2H3. The molecular weight excluding hydrogens is 327 g/mol. The smallest absolute Gasteiger partial charge is 0.279 e. The summed E-state index contributed by atoms with van der Waals surface area (Å²) in [6.07, 6.45) is 0. The van der Waals surface area contributed by atoms with E-state index < -0.39 is 0 Å². The van der Waals surface area contributed by atoms with Gasteiger partial charge in [-0.3, -0.25) is 4.79 Å². The minimum absolute atomic E-state index is 0.306. The third-order valence-corrected chi connectivity index (χ3v) is 4.70. The van der Waals surface area contributed by atoms with Gasteiger partial charge in [0.1, 0.15) is 5.82 Å². The number of hydrogen-bond acceptors (Lipinski definition) is 3. The van der Waals surface area contributed by atoms with Gasteiger partial charge in [0.2, 0.25) is 0 Å². The van der Waals surface area contributed by atoms with Crippen LogP contribution in [0.5, 0.6) is 0 Å². The fourth-order valence-electron chi connectivity index (χ4n) is 2.38. The maximum atomic E-state index is 13.5. The number of carbonyl (C=O) groups excluding carboxylic acids is 1. The van der Waals surface area contributed by atoms with Gasteiger partial charge in [-0.1, -0.05) is 29.0 Å². The minimum Gasteiger partial charge on any atom is -0.383 e. The van der Waals surface area contributed by atoms with Crippen LogP contribution in [0.2, 0.25) is 0 Å². The van der Waals surface area contributed by atoms with E-state index in [1.54, 1.807) is 25.3 Å². The predicted octanol–water partition coefficient (Wildman–Crippen LogP) is 3.54. The number of methoxy groups -OCH3 is 1. The molecule has 0 N–H and O–H groups in total. The third kappa shape index (κ3) is 3.44. The maximum Gasteiger partial charge on any atom is 0.279 e. The Bertz CT molecular complexity index is 942. The molecule has 0 bridgehead atoms. The first-order valence-corrected chi connectivity index (χ1v) is 8.33. The number of fused-ring (bicyclic) bond motifs is 1. The Morgan fingerprint density at radius 2 is 2.00 bits per heavy atom. The number of rotatable bonds is 4. The highest BCUT2D eigenvalue weighted by Gasteiger charge is 2.10. The fourth-order valence-corrected chi connectivity index (χ4v) is 3.46. The van der Waals surface area contributed by atoms with E-state index in [9.17, 15) is 9.18 Å². The molecule has 0 unspecified atom stereocenters. The summed E-state index contributed by atoms with van der Waals surface area (Å²) in [4.78, 5) is 17.2. The molecular formula is C18H17FN2O2S. The molecule has 1 aromatic heterocycles. The van der Waals surface area contributed by atoms with Gasteiger partial charge in [-0.25, -0.2) is 4.39 Å². The normalized spacial score (nSPS) is 12.0. The van der Waals surface area contributed by atoms with Crippen LogP contribution < -0.4 is 4.80 Å². The predicted molar refractivity (Wildman–Crippen MR) is 92.7 cm³/mol. The summed E-state index contributed by atoms with van der Waals surface area (Å²) in [5.41, 5.74) is 2.45. The molecule has 24 heavy (non-hydrogen) atoms. The van der Waals surface area contributed by atoms with Gasteiger partial charge in [0, 0.05) is 19.2 Å². The summed E-state index contributed by atoms with van der Waals surface area (Å²) in [7, 11) is 1.61. The number of nitrogens with zero attached hydrogens (tertiary/aromatic N) is 2. The number of benzene rings is 2. The first kappa shape index (κ1) is 16.5. The van der Waals surface area contributed by atoms with E-state index in [0.29, 0.717) is 23.5 Å². The molecule has 0 fully saturated rings. The summed E-state index contributed by atoms with van der Waals surface area (Å²) in [6.45, 7) is 2.99. The van der Waals surface area contributed by atoms with Crippen molar-refractivity contribution in [1.29, 1.82) is 0 Å². The summed E-state index contributed by atoms with van der Waals surface area (Å²) in [5, 5.41) is 0. The zero-order valence-corrected chi connectivity index (χ0v) is 14.3. The molecule has 4 nitrogen and oxygen atoms in total.